The minimum atomic E-state index is -1.28. The summed E-state index contributed by atoms with van der Waals surface area (Å²) in [6.07, 6.45) is 1.64. The van der Waals surface area contributed by atoms with Crippen LogP contribution in [0.3, 0.4) is 0 Å². The smallest absolute Gasteiger partial charge is 0.244 e. The lowest BCUT2D eigenvalue weighted by atomic mass is 9.99. The maximum atomic E-state index is 11.5. The Hall–Kier alpha value is -2.39. The number of nitrogens with one attached hydrogen (secondary N) is 1. The van der Waals surface area contributed by atoms with Crippen molar-refractivity contribution in [2.45, 2.75) is 44.8 Å². The SMILES string of the molecule is CCCCC(=O)N/N=C(\N)[C@@]1(C#N)O[C@@H]1c1ccc(C)cc1. The summed E-state index contributed by atoms with van der Waals surface area (Å²) < 4.78 is 5.49. The summed E-state index contributed by atoms with van der Waals surface area (Å²) in [5.41, 5.74) is 8.92. The van der Waals surface area contributed by atoms with Gasteiger partial charge in [0.15, 0.2) is 5.84 Å². The number of hydrogen-bond acceptors (Lipinski definition) is 4. The highest BCUT2D eigenvalue weighted by atomic mass is 16.6. The number of hydrogen-bond donors (Lipinski definition) is 2. The predicted octanol–water partition coefficient (Wildman–Crippen LogP) is 1.91. The lowest BCUT2D eigenvalue weighted by Crippen LogP contribution is -2.35. The van der Waals surface area contributed by atoms with Crippen molar-refractivity contribution in [2.75, 3.05) is 0 Å². The van der Waals surface area contributed by atoms with E-state index in [2.05, 4.69) is 16.6 Å². The number of nitriles is 1. The Morgan fingerprint density at radius 2 is 2.18 bits per heavy atom. The fourth-order valence-electron chi connectivity index (χ4n) is 2.13. The molecule has 22 heavy (non-hydrogen) atoms. The number of benzene rings is 1. The first kappa shape index (κ1) is 16.0. The van der Waals surface area contributed by atoms with Gasteiger partial charge in [0.1, 0.15) is 12.2 Å². The standard InChI is InChI=1S/C16H20N4O2/c1-3-4-5-13(21)19-20-15(18)16(10-17)14(22-16)12-8-6-11(2)7-9-12/h6-9,14H,3-5H2,1-2H3,(H2,18,20)(H,19,21)/t14-,16+/m1/s1. The molecule has 6 heteroatoms. The molecule has 116 valence electrons. The van der Waals surface area contributed by atoms with Gasteiger partial charge in [-0.05, 0) is 18.9 Å². The molecule has 0 unspecified atom stereocenters. The number of rotatable bonds is 6. The zero-order valence-electron chi connectivity index (χ0n) is 12.8. The summed E-state index contributed by atoms with van der Waals surface area (Å²) in [7, 11) is 0. The molecule has 0 aromatic heterocycles. The molecular formula is C16H20N4O2. The number of amides is 1. The molecule has 1 aromatic rings. The Balaban J connectivity index is 2.04. The van der Waals surface area contributed by atoms with Gasteiger partial charge in [-0.1, -0.05) is 43.2 Å². The minimum absolute atomic E-state index is 0.0228. The molecule has 2 atom stereocenters. The van der Waals surface area contributed by atoms with Crippen LogP contribution in [-0.4, -0.2) is 17.3 Å². The van der Waals surface area contributed by atoms with Gasteiger partial charge in [-0.2, -0.15) is 10.4 Å². The van der Waals surface area contributed by atoms with E-state index < -0.39 is 11.7 Å². The average molecular weight is 300 g/mol. The van der Waals surface area contributed by atoms with Gasteiger partial charge in [0.2, 0.25) is 11.5 Å². The maximum Gasteiger partial charge on any atom is 0.244 e. The molecule has 0 bridgehead atoms. The largest absolute Gasteiger partial charge is 0.382 e. The van der Waals surface area contributed by atoms with Gasteiger partial charge in [0.25, 0.3) is 0 Å². The lowest BCUT2D eigenvalue weighted by molar-refractivity contribution is -0.121. The Morgan fingerprint density at radius 3 is 2.77 bits per heavy atom. The van der Waals surface area contributed by atoms with E-state index in [1.807, 2.05) is 38.1 Å². The van der Waals surface area contributed by atoms with Gasteiger partial charge in [-0.3, -0.25) is 4.79 Å². The van der Waals surface area contributed by atoms with E-state index in [1.165, 1.54) is 0 Å². The molecule has 1 saturated heterocycles. The fourth-order valence-corrected chi connectivity index (χ4v) is 2.13. The van der Waals surface area contributed by atoms with E-state index >= 15 is 0 Å². The van der Waals surface area contributed by atoms with Crippen molar-refractivity contribution in [3.05, 3.63) is 35.4 Å². The van der Waals surface area contributed by atoms with Gasteiger partial charge in [0.05, 0.1) is 0 Å². The van der Waals surface area contributed by atoms with Crippen LogP contribution >= 0.6 is 0 Å². The van der Waals surface area contributed by atoms with Crippen LogP contribution in [0.5, 0.6) is 0 Å². The summed E-state index contributed by atoms with van der Waals surface area (Å²) in [6.45, 7) is 3.98. The number of nitrogens with zero attached hydrogens (tertiary/aromatic N) is 2. The number of aryl methyl sites for hydroxylation is 1. The summed E-state index contributed by atoms with van der Waals surface area (Å²) in [5.74, 6) is -0.240. The second kappa shape index (κ2) is 6.58. The third-order valence-corrected chi connectivity index (χ3v) is 3.60. The van der Waals surface area contributed by atoms with E-state index in [0.29, 0.717) is 6.42 Å². The molecule has 0 aliphatic carbocycles. The van der Waals surface area contributed by atoms with E-state index in [9.17, 15) is 10.1 Å². The highest BCUT2D eigenvalue weighted by Crippen LogP contribution is 2.49. The van der Waals surface area contributed by atoms with Crippen molar-refractivity contribution >= 4 is 11.7 Å². The van der Waals surface area contributed by atoms with E-state index in [-0.39, 0.29) is 11.7 Å². The van der Waals surface area contributed by atoms with Gasteiger partial charge >= 0.3 is 0 Å². The molecular weight excluding hydrogens is 280 g/mol. The Kier molecular flexibility index (Phi) is 4.78. The zero-order valence-corrected chi connectivity index (χ0v) is 12.8. The molecule has 3 N–H and O–H groups in total. The third-order valence-electron chi connectivity index (χ3n) is 3.60. The molecule has 1 fully saturated rings. The van der Waals surface area contributed by atoms with Crippen LogP contribution in [-0.2, 0) is 9.53 Å². The number of amidine groups is 1. The second-order valence-electron chi connectivity index (χ2n) is 5.39. The first-order valence-electron chi connectivity index (χ1n) is 7.31. The van der Waals surface area contributed by atoms with Gasteiger partial charge in [-0.15, -0.1) is 0 Å². The van der Waals surface area contributed by atoms with Gasteiger partial charge in [-0.25, -0.2) is 5.43 Å². The lowest BCUT2D eigenvalue weighted by Gasteiger charge is -2.05. The summed E-state index contributed by atoms with van der Waals surface area (Å²) in [6, 6.07) is 9.73. The van der Waals surface area contributed by atoms with E-state index in [1.54, 1.807) is 0 Å². The maximum absolute atomic E-state index is 11.5. The molecule has 0 radical (unpaired) electrons. The molecule has 1 heterocycles. The molecule has 2 rings (SSSR count). The first-order chi connectivity index (χ1) is 10.5. The normalized spacial score (nSPS) is 23.7. The number of unbranched alkanes of at least 4 members (excludes halogenated alkanes) is 1. The van der Waals surface area contributed by atoms with Crippen LogP contribution in [0.15, 0.2) is 29.4 Å². The Morgan fingerprint density at radius 1 is 1.50 bits per heavy atom. The number of epoxide rings is 1. The van der Waals surface area contributed by atoms with Crippen molar-refractivity contribution in [2.24, 2.45) is 10.8 Å². The van der Waals surface area contributed by atoms with Gasteiger partial charge in [0, 0.05) is 6.42 Å². The first-order valence-corrected chi connectivity index (χ1v) is 7.31. The minimum Gasteiger partial charge on any atom is -0.382 e. The number of carbonyl (C=O) groups is 1. The molecule has 0 spiro atoms. The van der Waals surface area contributed by atoms with Crippen molar-refractivity contribution in [3.63, 3.8) is 0 Å². The van der Waals surface area contributed by atoms with E-state index in [4.69, 9.17) is 10.5 Å². The van der Waals surface area contributed by atoms with Crippen LogP contribution in [0.2, 0.25) is 0 Å². The van der Waals surface area contributed by atoms with Crippen LogP contribution in [0.1, 0.15) is 43.4 Å². The quantitative estimate of drug-likeness (QED) is 0.362. The van der Waals surface area contributed by atoms with Gasteiger partial charge < -0.3 is 10.5 Å². The molecule has 0 saturated carbocycles. The summed E-state index contributed by atoms with van der Waals surface area (Å²) >= 11 is 0. The average Bonchev–Trinajstić information content (AvgIpc) is 3.27. The Bertz CT molecular complexity index is 618. The Labute approximate surface area is 129 Å². The molecule has 1 aromatic carbocycles. The molecule has 1 aliphatic heterocycles. The van der Waals surface area contributed by atoms with Crippen LogP contribution in [0, 0.1) is 18.3 Å². The fraction of sp³-hybridized carbons (Fsp3) is 0.438. The number of hydrazone groups is 1. The third kappa shape index (κ3) is 3.26. The molecule has 1 aliphatic rings. The second-order valence-corrected chi connectivity index (χ2v) is 5.39. The number of carbonyl (C=O) groups excluding carboxylic acids is 1. The zero-order chi connectivity index (χ0) is 16.2. The van der Waals surface area contributed by atoms with Crippen molar-refractivity contribution in [1.29, 1.82) is 5.26 Å². The summed E-state index contributed by atoms with van der Waals surface area (Å²) in [4.78, 5) is 11.5. The summed E-state index contributed by atoms with van der Waals surface area (Å²) in [5, 5.41) is 13.2. The highest BCUT2D eigenvalue weighted by Gasteiger charge is 2.62. The molecule has 1 amide bonds. The van der Waals surface area contributed by atoms with Crippen molar-refractivity contribution < 1.29 is 9.53 Å². The number of nitrogens with two attached hydrogens (primary N) is 1. The van der Waals surface area contributed by atoms with E-state index in [0.717, 1.165) is 24.0 Å². The predicted molar refractivity (Wildman–Crippen MR) is 82.6 cm³/mol. The number of ether oxygens (including phenoxy) is 1. The highest BCUT2D eigenvalue weighted by molar-refractivity contribution is 5.96. The molecule has 6 nitrogen and oxygen atoms in total. The van der Waals surface area contributed by atoms with Crippen LogP contribution in [0.25, 0.3) is 0 Å². The van der Waals surface area contributed by atoms with Crippen LogP contribution in [0.4, 0.5) is 0 Å². The monoisotopic (exact) mass is 300 g/mol. The van der Waals surface area contributed by atoms with Crippen LogP contribution < -0.4 is 11.2 Å². The van der Waals surface area contributed by atoms with Crippen molar-refractivity contribution in [1.82, 2.24) is 5.43 Å². The van der Waals surface area contributed by atoms with Crippen molar-refractivity contribution in [3.8, 4) is 6.07 Å². The topological polar surface area (TPSA) is 104 Å².